The van der Waals surface area contributed by atoms with Crippen LogP contribution in [0.25, 0.3) is 0 Å². The zero-order chi connectivity index (χ0) is 10.3. The number of halogens is 2. The molecule has 0 aliphatic heterocycles. The minimum absolute atomic E-state index is 0.0965. The molecule has 2 atom stereocenters. The van der Waals surface area contributed by atoms with Crippen LogP contribution in [0.3, 0.4) is 0 Å². The number of hydrogen-bond acceptors (Lipinski definition) is 0. The van der Waals surface area contributed by atoms with Crippen molar-refractivity contribution >= 4 is 16.8 Å². The predicted octanol–water partition coefficient (Wildman–Crippen LogP) is 4.26. The van der Waals surface area contributed by atoms with Gasteiger partial charge in [0.25, 0.3) is 0 Å². The van der Waals surface area contributed by atoms with Gasteiger partial charge in [0, 0.05) is 0 Å². The third-order valence-corrected chi connectivity index (χ3v) is 8.52. The molecule has 1 rings (SSSR count). The molecule has 0 aromatic carbocycles. The van der Waals surface area contributed by atoms with Gasteiger partial charge in [-0.2, -0.15) is 0 Å². The largest absolute Gasteiger partial charge is 0.314 e. The van der Waals surface area contributed by atoms with Crippen molar-refractivity contribution in [3.05, 3.63) is 0 Å². The summed E-state index contributed by atoms with van der Waals surface area (Å²) in [6.45, 7) is 6.93. The lowest BCUT2D eigenvalue weighted by atomic mass is 10.3. The van der Waals surface area contributed by atoms with Gasteiger partial charge in [-0.1, -0.05) is 19.3 Å². The van der Waals surface area contributed by atoms with Crippen LogP contribution in [0, 0.1) is 0 Å². The first-order valence-corrected chi connectivity index (χ1v) is 11.0. The minimum atomic E-state index is -2.60. The quantitative estimate of drug-likeness (QED) is 0.484. The molecule has 78 valence electrons. The molecule has 0 aromatic rings. The fraction of sp³-hybridized carbons (Fsp3) is 1.00. The highest BCUT2D eigenvalue weighted by atomic mass is 28.4. The van der Waals surface area contributed by atoms with Crippen LogP contribution in [0.4, 0.5) is 8.22 Å². The van der Waals surface area contributed by atoms with Gasteiger partial charge >= 0.3 is 0 Å². The van der Waals surface area contributed by atoms with Crippen LogP contribution in [-0.2, 0) is 0 Å². The van der Waals surface area contributed by atoms with Crippen molar-refractivity contribution in [2.75, 3.05) is 0 Å². The molecule has 0 bridgehead atoms. The van der Waals surface area contributed by atoms with Crippen molar-refractivity contribution in [2.24, 2.45) is 0 Å². The van der Waals surface area contributed by atoms with Gasteiger partial charge in [-0.15, -0.1) is 0 Å². The molecule has 0 saturated heterocycles. The van der Waals surface area contributed by atoms with Gasteiger partial charge in [0.1, 0.15) is 0 Å². The molecule has 2 unspecified atom stereocenters. The van der Waals surface area contributed by atoms with E-state index >= 15 is 0 Å². The molecule has 1 saturated carbocycles. The Labute approximate surface area is 82.1 Å². The maximum atomic E-state index is 13.9. The maximum absolute atomic E-state index is 13.9. The van der Waals surface area contributed by atoms with E-state index in [9.17, 15) is 8.22 Å². The SMILES string of the molecule is C[Si](C)(F)C1CCCC1[Si](C)(C)F. The van der Waals surface area contributed by atoms with Crippen LogP contribution < -0.4 is 0 Å². The Morgan fingerprint density at radius 1 is 0.846 bits per heavy atom. The van der Waals surface area contributed by atoms with Crippen molar-refractivity contribution in [3.63, 3.8) is 0 Å². The molecule has 1 fully saturated rings. The molecule has 0 nitrogen and oxygen atoms in total. The molecule has 0 radical (unpaired) electrons. The van der Waals surface area contributed by atoms with Crippen LogP contribution >= 0.6 is 0 Å². The summed E-state index contributed by atoms with van der Waals surface area (Å²) in [4.78, 5) is 0. The molecule has 0 aromatic heterocycles. The van der Waals surface area contributed by atoms with Gasteiger partial charge in [0.05, 0.1) is 0 Å². The Morgan fingerprint density at radius 3 is 1.38 bits per heavy atom. The monoisotopic (exact) mass is 222 g/mol. The molecule has 0 N–H and O–H groups in total. The van der Waals surface area contributed by atoms with E-state index in [0.717, 1.165) is 19.3 Å². The topological polar surface area (TPSA) is 0 Å². The highest BCUT2D eigenvalue weighted by molar-refractivity contribution is 6.78. The summed E-state index contributed by atoms with van der Waals surface area (Å²) in [5.74, 6) is 0. The highest BCUT2D eigenvalue weighted by Gasteiger charge is 2.49. The van der Waals surface area contributed by atoms with E-state index in [1.54, 1.807) is 26.2 Å². The van der Waals surface area contributed by atoms with Gasteiger partial charge in [-0.3, -0.25) is 0 Å². The lowest BCUT2D eigenvalue weighted by Crippen LogP contribution is -2.36. The van der Waals surface area contributed by atoms with Crippen molar-refractivity contribution < 1.29 is 8.22 Å². The zero-order valence-corrected chi connectivity index (χ0v) is 11.0. The smallest absolute Gasteiger partial charge is 0.244 e. The van der Waals surface area contributed by atoms with Gasteiger partial charge in [0.15, 0.2) is 0 Å². The Bertz CT molecular complexity index is 161. The fourth-order valence-corrected chi connectivity index (χ4v) is 9.01. The number of hydrogen-bond donors (Lipinski definition) is 0. The van der Waals surface area contributed by atoms with Crippen molar-refractivity contribution in [3.8, 4) is 0 Å². The summed E-state index contributed by atoms with van der Waals surface area (Å²) < 4.78 is 27.7. The fourth-order valence-electron chi connectivity index (χ4n) is 2.60. The summed E-state index contributed by atoms with van der Waals surface area (Å²) in [5.41, 5.74) is 0.193. The van der Waals surface area contributed by atoms with Crippen LogP contribution in [0.15, 0.2) is 0 Å². The first kappa shape index (κ1) is 11.4. The summed E-state index contributed by atoms with van der Waals surface area (Å²) in [6, 6.07) is 0. The molecule has 13 heavy (non-hydrogen) atoms. The molecule has 1 aliphatic rings. The Kier molecular flexibility index (Phi) is 3.02. The third kappa shape index (κ3) is 2.62. The zero-order valence-electron chi connectivity index (χ0n) is 9.03. The molecule has 0 spiro atoms. The first-order chi connectivity index (χ1) is 5.73. The summed E-state index contributed by atoms with van der Waals surface area (Å²) >= 11 is 0. The minimum Gasteiger partial charge on any atom is -0.314 e. The highest BCUT2D eigenvalue weighted by Crippen LogP contribution is 2.52. The molecule has 0 heterocycles. The summed E-state index contributed by atoms with van der Waals surface area (Å²) in [5, 5.41) is 0. The van der Waals surface area contributed by atoms with E-state index in [1.165, 1.54) is 0 Å². The van der Waals surface area contributed by atoms with Gasteiger partial charge in [-0.05, 0) is 37.3 Å². The van der Waals surface area contributed by atoms with Gasteiger partial charge in [0.2, 0.25) is 16.8 Å². The Morgan fingerprint density at radius 2 is 1.15 bits per heavy atom. The van der Waals surface area contributed by atoms with Crippen molar-refractivity contribution in [2.45, 2.75) is 56.5 Å². The lowest BCUT2D eigenvalue weighted by molar-refractivity contribution is 0.647. The van der Waals surface area contributed by atoms with Crippen molar-refractivity contribution in [1.29, 1.82) is 0 Å². The van der Waals surface area contributed by atoms with Crippen LogP contribution in [0.2, 0.25) is 37.3 Å². The molecule has 1 aliphatic carbocycles. The Hall–Kier alpha value is 0.294. The van der Waals surface area contributed by atoms with Crippen molar-refractivity contribution in [1.82, 2.24) is 0 Å². The first-order valence-electron chi connectivity index (χ1n) is 5.11. The standard InChI is InChI=1S/C9H20F2Si2/c1-12(2,10)8-6-5-7-9(8)13(3,4)11/h8-9H,5-7H2,1-4H3. The molecule has 0 amide bonds. The Balaban J connectivity index is 2.76. The van der Waals surface area contributed by atoms with Gasteiger partial charge in [-0.25, -0.2) is 0 Å². The second kappa shape index (κ2) is 3.46. The third-order valence-electron chi connectivity index (χ3n) is 3.28. The predicted molar refractivity (Wildman–Crippen MR) is 58.5 cm³/mol. The molecular weight excluding hydrogens is 202 g/mol. The average Bonchev–Trinajstić information content (AvgIpc) is 2.27. The van der Waals surface area contributed by atoms with Crippen LogP contribution in [0.1, 0.15) is 19.3 Å². The van der Waals surface area contributed by atoms with E-state index in [2.05, 4.69) is 0 Å². The van der Waals surface area contributed by atoms with Crippen LogP contribution in [0.5, 0.6) is 0 Å². The van der Waals surface area contributed by atoms with Crippen LogP contribution in [-0.4, -0.2) is 16.8 Å². The van der Waals surface area contributed by atoms with E-state index in [4.69, 9.17) is 0 Å². The summed E-state index contributed by atoms with van der Waals surface area (Å²) in [6.07, 6.45) is 2.90. The second-order valence-electron chi connectivity index (χ2n) is 5.27. The average molecular weight is 222 g/mol. The van der Waals surface area contributed by atoms with E-state index < -0.39 is 16.8 Å². The van der Waals surface area contributed by atoms with Gasteiger partial charge < -0.3 is 8.22 Å². The van der Waals surface area contributed by atoms with E-state index in [0.29, 0.717) is 0 Å². The maximum Gasteiger partial charge on any atom is 0.244 e. The van der Waals surface area contributed by atoms with E-state index in [-0.39, 0.29) is 11.1 Å². The molecule has 4 heteroatoms. The normalized spacial score (nSPS) is 30.9. The molecular formula is C9H20F2Si2. The lowest BCUT2D eigenvalue weighted by Gasteiger charge is -2.31. The number of rotatable bonds is 2. The van der Waals surface area contributed by atoms with E-state index in [1.807, 2.05) is 0 Å². The second-order valence-corrected chi connectivity index (χ2v) is 13.0. The summed E-state index contributed by atoms with van der Waals surface area (Å²) in [7, 11) is -5.20.